The lowest BCUT2D eigenvalue weighted by Crippen LogP contribution is -2.47. The van der Waals surface area contributed by atoms with Crippen molar-refractivity contribution >= 4 is 57.9 Å². The molecule has 0 bridgehead atoms. The SMILES string of the molecule is COC(=O)c1ccc2c(c1)N=C1CC(C)(C)CC(=O)C1C(c1ccc(Cl)cc1Cl)N2C(C)=O. The summed E-state index contributed by atoms with van der Waals surface area (Å²) >= 11 is 12.7. The van der Waals surface area contributed by atoms with Crippen molar-refractivity contribution in [2.75, 3.05) is 12.0 Å². The average Bonchev–Trinajstić information content (AvgIpc) is 2.85. The lowest BCUT2D eigenvalue weighted by atomic mass is 9.68. The van der Waals surface area contributed by atoms with E-state index in [2.05, 4.69) is 0 Å². The molecule has 172 valence electrons. The Bertz CT molecular complexity index is 1200. The fraction of sp³-hybridized carbons (Fsp3) is 0.360. The van der Waals surface area contributed by atoms with E-state index in [1.165, 1.54) is 14.0 Å². The fourth-order valence-electron chi connectivity index (χ4n) is 4.84. The minimum atomic E-state index is -0.695. The topological polar surface area (TPSA) is 76.0 Å². The third kappa shape index (κ3) is 4.30. The van der Waals surface area contributed by atoms with Crippen molar-refractivity contribution in [3.05, 3.63) is 57.6 Å². The van der Waals surface area contributed by atoms with Gasteiger partial charge in [-0.15, -0.1) is 0 Å². The Morgan fingerprint density at radius 2 is 1.85 bits per heavy atom. The van der Waals surface area contributed by atoms with E-state index in [0.717, 1.165) is 0 Å². The number of methoxy groups -OCH3 is 1. The van der Waals surface area contributed by atoms with Crippen LogP contribution < -0.4 is 4.90 Å². The maximum Gasteiger partial charge on any atom is 0.337 e. The number of carbonyl (C=O) groups excluding carboxylic acids is 3. The summed E-state index contributed by atoms with van der Waals surface area (Å²) in [5.41, 5.74) is 2.24. The minimum absolute atomic E-state index is 0.00624. The molecule has 2 aromatic rings. The second-order valence-electron chi connectivity index (χ2n) is 9.26. The van der Waals surface area contributed by atoms with Crippen LogP contribution in [-0.4, -0.2) is 30.5 Å². The first kappa shape index (κ1) is 23.5. The summed E-state index contributed by atoms with van der Waals surface area (Å²) in [5, 5.41) is 0.824. The first-order chi connectivity index (χ1) is 15.5. The molecular weight excluding hydrogens is 463 g/mol. The molecule has 1 amide bonds. The predicted octanol–water partition coefficient (Wildman–Crippen LogP) is 5.97. The van der Waals surface area contributed by atoms with Crippen molar-refractivity contribution in [1.82, 2.24) is 0 Å². The van der Waals surface area contributed by atoms with Crippen LogP contribution >= 0.6 is 23.2 Å². The Labute approximate surface area is 202 Å². The number of carbonyl (C=O) groups is 3. The Balaban J connectivity index is 2.02. The number of nitrogens with zero attached hydrogens (tertiary/aromatic N) is 2. The van der Waals surface area contributed by atoms with Gasteiger partial charge < -0.3 is 9.64 Å². The van der Waals surface area contributed by atoms with Crippen molar-refractivity contribution in [1.29, 1.82) is 0 Å². The number of aliphatic imine (C=N–C) groups is 1. The Hall–Kier alpha value is -2.70. The van der Waals surface area contributed by atoms with E-state index in [1.54, 1.807) is 41.3 Å². The number of ether oxygens (including phenoxy) is 1. The first-order valence-corrected chi connectivity index (χ1v) is 11.4. The number of halogens is 2. The molecule has 0 N–H and O–H groups in total. The Morgan fingerprint density at radius 1 is 1.12 bits per heavy atom. The van der Waals surface area contributed by atoms with Crippen molar-refractivity contribution in [2.24, 2.45) is 16.3 Å². The zero-order chi connectivity index (χ0) is 24.1. The van der Waals surface area contributed by atoms with Gasteiger partial charge in [-0.2, -0.15) is 0 Å². The minimum Gasteiger partial charge on any atom is -0.465 e. The molecule has 2 atom stereocenters. The van der Waals surface area contributed by atoms with Crippen LogP contribution in [0, 0.1) is 11.3 Å². The molecule has 0 saturated heterocycles. The van der Waals surface area contributed by atoms with Gasteiger partial charge in [-0.1, -0.05) is 43.1 Å². The molecule has 0 spiro atoms. The van der Waals surface area contributed by atoms with Crippen LogP contribution in [0.5, 0.6) is 0 Å². The molecule has 0 radical (unpaired) electrons. The zero-order valence-corrected chi connectivity index (χ0v) is 20.3. The van der Waals surface area contributed by atoms with Gasteiger partial charge in [0, 0.05) is 29.1 Å². The highest BCUT2D eigenvalue weighted by Gasteiger charge is 2.47. The molecule has 1 aliphatic carbocycles. The summed E-state index contributed by atoms with van der Waals surface area (Å²) in [6.45, 7) is 5.48. The molecule has 4 rings (SSSR count). The molecule has 1 aliphatic heterocycles. The monoisotopic (exact) mass is 486 g/mol. The number of rotatable bonds is 2. The van der Waals surface area contributed by atoms with E-state index in [9.17, 15) is 14.4 Å². The predicted molar refractivity (Wildman–Crippen MR) is 129 cm³/mol. The van der Waals surface area contributed by atoms with Crippen LogP contribution in [0.1, 0.15) is 55.6 Å². The van der Waals surface area contributed by atoms with Gasteiger partial charge in [0.2, 0.25) is 5.91 Å². The maximum absolute atomic E-state index is 13.5. The lowest BCUT2D eigenvalue weighted by molar-refractivity contribution is -0.124. The van der Waals surface area contributed by atoms with E-state index < -0.39 is 17.9 Å². The lowest BCUT2D eigenvalue weighted by Gasteiger charge is -2.41. The van der Waals surface area contributed by atoms with Gasteiger partial charge >= 0.3 is 5.97 Å². The van der Waals surface area contributed by atoms with Gasteiger partial charge in [-0.25, -0.2) is 4.79 Å². The smallest absolute Gasteiger partial charge is 0.337 e. The molecule has 6 nitrogen and oxygen atoms in total. The van der Waals surface area contributed by atoms with Crippen molar-refractivity contribution < 1.29 is 19.1 Å². The summed E-state index contributed by atoms with van der Waals surface area (Å²) < 4.78 is 4.85. The van der Waals surface area contributed by atoms with Crippen molar-refractivity contribution in [3.63, 3.8) is 0 Å². The zero-order valence-electron chi connectivity index (χ0n) is 18.8. The van der Waals surface area contributed by atoms with E-state index in [4.69, 9.17) is 32.9 Å². The summed E-state index contributed by atoms with van der Waals surface area (Å²) in [7, 11) is 1.30. The van der Waals surface area contributed by atoms with Crippen LogP contribution in [0.2, 0.25) is 10.0 Å². The van der Waals surface area contributed by atoms with Gasteiger partial charge in [0.25, 0.3) is 0 Å². The van der Waals surface area contributed by atoms with Crippen LogP contribution in [0.25, 0.3) is 0 Å². The van der Waals surface area contributed by atoms with Crippen LogP contribution in [0.3, 0.4) is 0 Å². The third-order valence-corrected chi connectivity index (χ3v) is 6.72. The molecular formula is C25H24Cl2N2O4. The van der Waals surface area contributed by atoms with Gasteiger partial charge in [-0.05, 0) is 47.7 Å². The number of esters is 1. The standard InChI is InChI=1S/C25H24Cl2N2O4/c1-13(30)29-20-8-5-14(24(32)33-4)9-18(20)28-19-11-25(2,3)12-21(31)22(19)23(29)16-7-6-15(26)10-17(16)27/h5-10,22-23H,11-12H2,1-4H3. The van der Waals surface area contributed by atoms with E-state index in [-0.39, 0.29) is 17.1 Å². The van der Waals surface area contributed by atoms with E-state index in [0.29, 0.717) is 51.1 Å². The molecule has 8 heteroatoms. The highest BCUT2D eigenvalue weighted by Crippen LogP contribution is 2.49. The van der Waals surface area contributed by atoms with Crippen LogP contribution in [0.4, 0.5) is 11.4 Å². The van der Waals surface area contributed by atoms with Gasteiger partial charge in [0.1, 0.15) is 5.78 Å². The van der Waals surface area contributed by atoms with Gasteiger partial charge in [0.05, 0.1) is 36.0 Å². The molecule has 1 heterocycles. The summed E-state index contributed by atoms with van der Waals surface area (Å²) in [4.78, 5) is 45.2. The fourth-order valence-corrected chi connectivity index (χ4v) is 5.36. The number of anilines is 1. The maximum atomic E-state index is 13.5. The Kier molecular flexibility index (Phi) is 6.10. The number of hydrogen-bond acceptors (Lipinski definition) is 5. The number of ketones is 1. The summed E-state index contributed by atoms with van der Waals surface area (Å²) in [6, 6.07) is 9.21. The van der Waals surface area contributed by atoms with Gasteiger partial charge in [0.15, 0.2) is 0 Å². The van der Waals surface area contributed by atoms with Gasteiger partial charge in [-0.3, -0.25) is 14.6 Å². The first-order valence-electron chi connectivity index (χ1n) is 10.6. The highest BCUT2D eigenvalue weighted by molar-refractivity contribution is 6.35. The van der Waals surface area contributed by atoms with Crippen LogP contribution in [0.15, 0.2) is 41.4 Å². The van der Waals surface area contributed by atoms with E-state index in [1.807, 2.05) is 13.8 Å². The molecule has 2 aliphatic rings. The number of benzene rings is 2. The molecule has 33 heavy (non-hydrogen) atoms. The molecule has 2 unspecified atom stereocenters. The largest absolute Gasteiger partial charge is 0.465 e. The molecule has 0 aromatic heterocycles. The number of amides is 1. The molecule has 1 fully saturated rings. The third-order valence-electron chi connectivity index (χ3n) is 6.15. The summed E-state index contributed by atoms with van der Waals surface area (Å²) in [5.74, 6) is -1.46. The van der Waals surface area contributed by atoms with Crippen molar-refractivity contribution in [3.8, 4) is 0 Å². The van der Waals surface area contributed by atoms with Crippen LogP contribution in [-0.2, 0) is 14.3 Å². The number of hydrogen-bond donors (Lipinski definition) is 0. The number of fused-ring (bicyclic) bond motifs is 2. The summed E-state index contributed by atoms with van der Waals surface area (Å²) in [6.07, 6.45) is 0.923. The molecule has 2 aromatic carbocycles. The van der Waals surface area contributed by atoms with Crippen molar-refractivity contribution in [2.45, 2.75) is 39.7 Å². The Morgan fingerprint density at radius 3 is 2.48 bits per heavy atom. The molecule has 1 saturated carbocycles. The number of Topliss-reactive ketones (excluding diaryl/α,β-unsaturated/α-hetero) is 1. The normalized spacial score (nSPS) is 21.5. The average molecular weight is 487 g/mol. The quantitative estimate of drug-likeness (QED) is 0.490. The van der Waals surface area contributed by atoms with E-state index >= 15 is 0 Å². The second kappa shape index (κ2) is 8.58. The second-order valence-corrected chi connectivity index (χ2v) is 10.1. The highest BCUT2D eigenvalue weighted by atomic mass is 35.5.